The Bertz CT molecular complexity index is 1150. The van der Waals surface area contributed by atoms with Gasteiger partial charge in [-0.3, -0.25) is 9.59 Å². The van der Waals surface area contributed by atoms with E-state index in [1.165, 1.54) is 36.5 Å². The second-order valence-electron chi connectivity index (χ2n) is 6.64. The monoisotopic (exact) mass is 489 g/mol. The summed E-state index contributed by atoms with van der Waals surface area (Å²) < 4.78 is 0. The van der Waals surface area contributed by atoms with Crippen LogP contribution in [0.2, 0.25) is 15.1 Å². The Morgan fingerprint density at radius 1 is 0.812 bits per heavy atom. The van der Waals surface area contributed by atoms with Gasteiger partial charge < -0.3 is 21.1 Å². The molecular weight excluding hydrogens is 473 g/mol. The van der Waals surface area contributed by atoms with Crippen LogP contribution in [-0.4, -0.2) is 16.9 Å². The summed E-state index contributed by atoms with van der Waals surface area (Å²) in [6.07, 6.45) is 1.32. The Kier molecular flexibility index (Phi) is 8.00. The molecule has 3 aromatic rings. The number of carbonyl (C=O) groups excluding carboxylic acids is 2. The smallest absolute Gasteiger partial charge is 0.262 e. The van der Waals surface area contributed by atoms with Crippen LogP contribution in [-0.2, 0) is 16.1 Å². The molecule has 0 aliphatic rings. The van der Waals surface area contributed by atoms with Gasteiger partial charge in [0.1, 0.15) is 11.3 Å². The van der Waals surface area contributed by atoms with Crippen molar-refractivity contribution in [2.75, 3.05) is 10.6 Å². The number of amides is 2. The highest BCUT2D eigenvalue weighted by Gasteiger charge is 2.20. The van der Waals surface area contributed by atoms with Crippen LogP contribution in [0, 0.1) is 0 Å². The molecule has 2 amide bonds. The molecule has 0 radical (unpaired) electrons. The summed E-state index contributed by atoms with van der Waals surface area (Å²) in [5.74, 6) is -1.27. The number of benzene rings is 3. The molecule has 0 saturated carbocycles. The number of nitrogens with one attached hydrogen (secondary N) is 3. The summed E-state index contributed by atoms with van der Waals surface area (Å²) in [5.41, 5.74) is 1.44. The van der Waals surface area contributed by atoms with E-state index in [4.69, 9.17) is 34.8 Å². The zero-order chi connectivity index (χ0) is 23.1. The Labute approximate surface area is 199 Å². The molecule has 0 aliphatic carbocycles. The SMILES string of the molecule is O=C(Nc1ccc(O)cc1)/C(=C/NCc1ccc(Cl)cc1)C(=O)Nc1ccc(Cl)cc1Cl. The van der Waals surface area contributed by atoms with Gasteiger partial charge in [-0.15, -0.1) is 0 Å². The van der Waals surface area contributed by atoms with Gasteiger partial charge in [0.15, 0.2) is 0 Å². The van der Waals surface area contributed by atoms with Crippen molar-refractivity contribution < 1.29 is 14.7 Å². The van der Waals surface area contributed by atoms with E-state index in [9.17, 15) is 14.7 Å². The van der Waals surface area contributed by atoms with Gasteiger partial charge >= 0.3 is 0 Å². The molecule has 0 aliphatic heterocycles. The lowest BCUT2D eigenvalue weighted by molar-refractivity contribution is -0.118. The van der Waals surface area contributed by atoms with Crippen molar-refractivity contribution in [2.45, 2.75) is 6.54 Å². The molecule has 6 nitrogen and oxygen atoms in total. The lowest BCUT2D eigenvalue weighted by Crippen LogP contribution is -2.27. The fraction of sp³-hybridized carbons (Fsp3) is 0.0435. The maximum absolute atomic E-state index is 12.9. The molecular formula is C23H18Cl3N3O3. The minimum atomic E-state index is -0.672. The van der Waals surface area contributed by atoms with Crippen molar-refractivity contribution in [1.29, 1.82) is 0 Å². The second kappa shape index (κ2) is 10.9. The maximum Gasteiger partial charge on any atom is 0.262 e. The van der Waals surface area contributed by atoms with Crippen molar-refractivity contribution in [2.24, 2.45) is 0 Å². The van der Waals surface area contributed by atoms with Gasteiger partial charge in [0.25, 0.3) is 11.8 Å². The molecule has 0 unspecified atom stereocenters. The first kappa shape index (κ1) is 23.5. The van der Waals surface area contributed by atoms with Crippen molar-refractivity contribution >= 4 is 58.0 Å². The lowest BCUT2D eigenvalue weighted by Gasteiger charge is -2.12. The first-order chi connectivity index (χ1) is 15.3. The van der Waals surface area contributed by atoms with Gasteiger partial charge in [0, 0.05) is 28.5 Å². The average molecular weight is 491 g/mol. The minimum Gasteiger partial charge on any atom is -0.508 e. The van der Waals surface area contributed by atoms with E-state index < -0.39 is 11.8 Å². The van der Waals surface area contributed by atoms with E-state index in [1.807, 2.05) is 12.1 Å². The van der Waals surface area contributed by atoms with Crippen LogP contribution in [0.25, 0.3) is 0 Å². The van der Waals surface area contributed by atoms with Gasteiger partial charge in [-0.25, -0.2) is 0 Å². The van der Waals surface area contributed by atoms with Crippen molar-refractivity contribution in [3.05, 3.63) is 99.1 Å². The fourth-order valence-corrected chi connectivity index (χ4v) is 3.21. The van der Waals surface area contributed by atoms with Gasteiger partial charge in [0.05, 0.1) is 10.7 Å². The number of phenolic OH excluding ortho intramolecular Hbond substituents is 1. The lowest BCUT2D eigenvalue weighted by atomic mass is 10.2. The predicted octanol–water partition coefficient (Wildman–Crippen LogP) is 5.60. The van der Waals surface area contributed by atoms with Gasteiger partial charge in [-0.2, -0.15) is 0 Å². The van der Waals surface area contributed by atoms with E-state index in [1.54, 1.807) is 24.3 Å². The number of phenols is 1. The molecule has 0 aromatic heterocycles. The Morgan fingerprint density at radius 3 is 2.09 bits per heavy atom. The highest BCUT2D eigenvalue weighted by atomic mass is 35.5. The summed E-state index contributed by atoms with van der Waals surface area (Å²) >= 11 is 17.9. The van der Waals surface area contributed by atoms with E-state index >= 15 is 0 Å². The van der Waals surface area contributed by atoms with Crippen LogP contribution in [0.3, 0.4) is 0 Å². The molecule has 0 fully saturated rings. The van der Waals surface area contributed by atoms with Crippen LogP contribution in [0.15, 0.2) is 78.5 Å². The normalized spacial score (nSPS) is 11.0. The van der Waals surface area contributed by atoms with Crippen molar-refractivity contribution in [3.63, 3.8) is 0 Å². The number of hydrogen-bond donors (Lipinski definition) is 4. The number of halogens is 3. The van der Waals surface area contributed by atoms with Crippen molar-refractivity contribution in [3.8, 4) is 5.75 Å². The third kappa shape index (κ3) is 6.65. The topological polar surface area (TPSA) is 90.5 Å². The van der Waals surface area contributed by atoms with Gasteiger partial charge in [0.2, 0.25) is 0 Å². The number of aromatic hydroxyl groups is 1. The Morgan fingerprint density at radius 2 is 1.44 bits per heavy atom. The summed E-state index contributed by atoms with van der Waals surface area (Å²) in [4.78, 5) is 25.7. The molecule has 164 valence electrons. The summed E-state index contributed by atoms with van der Waals surface area (Å²) in [6, 6.07) is 17.6. The van der Waals surface area contributed by atoms with E-state index in [2.05, 4.69) is 16.0 Å². The molecule has 9 heteroatoms. The molecule has 3 rings (SSSR count). The zero-order valence-corrected chi connectivity index (χ0v) is 18.8. The molecule has 4 N–H and O–H groups in total. The molecule has 0 atom stereocenters. The first-order valence-electron chi connectivity index (χ1n) is 9.36. The van der Waals surface area contributed by atoms with Crippen LogP contribution >= 0.6 is 34.8 Å². The Hall–Kier alpha value is -3.19. The van der Waals surface area contributed by atoms with Crippen LogP contribution < -0.4 is 16.0 Å². The molecule has 0 heterocycles. The van der Waals surface area contributed by atoms with Crippen LogP contribution in [0.1, 0.15) is 5.56 Å². The average Bonchev–Trinajstić information content (AvgIpc) is 2.76. The summed E-state index contributed by atoms with van der Waals surface area (Å²) in [7, 11) is 0. The summed E-state index contributed by atoms with van der Waals surface area (Å²) in [5, 5.41) is 18.9. The predicted molar refractivity (Wildman–Crippen MR) is 128 cm³/mol. The number of hydrogen-bond acceptors (Lipinski definition) is 4. The maximum atomic E-state index is 12.9. The zero-order valence-electron chi connectivity index (χ0n) is 16.5. The largest absolute Gasteiger partial charge is 0.508 e. The van der Waals surface area contributed by atoms with Crippen LogP contribution in [0.5, 0.6) is 5.75 Å². The third-order valence-corrected chi connectivity index (χ3v) is 5.06. The highest BCUT2D eigenvalue weighted by molar-refractivity contribution is 6.37. The molecule has 0 spiro atoms. The van der Waals surface area contributed by atoms with Gasteiger partial charge in [-0.1, -0.05) is 46.9 Å². The fourth-order valence-electron chi connectivity index (χ4n) is 2.63. The molecule has 0 bridgehead atoms. The van der Waals surface area contributed by atoms with E-state index in [0.29, 0.717) is 28.0 Å². The van der Waals surface area contributed by atoms with E-state index in [-0.39, 0.29) is 16.3 Å². The van der Waals surface area contributed by atoms with Gasteiger partial charge in [-0.05, 0) is 60.2 Å². The number of anilines is 2. The standard InChI is InChI=1S/C23H18Cl3N3O3/c24-15-3-1-14(2-4-15)12-27-13-19(22(31)28-17-6-8-18(30)9-7-17)23(32)29-21-10-5-16(25)11-20(21)26/h1-11,13,27,30H,12H2,(H,28,31)(H,29,32)/b19-13-. The second-order valence-corrected chi connectivity index (χ2v) is 7.92. The molecule has 3 aromatic carbocycles. The molecule has 32 heavy (non-hydrogen) atoms. The minimum absolute atomic E-state index is 0.0542. The molecule has 0 saturated heterocycles. The van der Waals surface area contributed by atoms with Crippen molar-refractivity contribution in [1.82, 2.24) is 5.32 Å². The highest BCUT2D eigenvalue weighted by Crippen LogP contribution is 2.26. The third-order valence-electron chi connectivity index (χ3n) is 4.26. The summed E-state index contributed by atoms with van der Waals surface area (Å²) in [6.45, 7) is 0.363. The number of rotatable bonds is 7. The van der Waals surface area contributed by atoms with Crippen LogP contribution in [0.4, 0.5) is 11.4 Å². The quantitative estimate of drug-likeness (QED) is 0.150. The number of carbonyl (C=O) groups is 2. The van der Waals surface area contributed by atoms with E-state index in [0.717, 1.165) is 5.56 Å². The first-order valence-corrected chi connectivity index (χ1v) is 10.5. The Balaban J connectivity index is 1.79.